The number of amides is 1. The Hall–Kier alpha value is -2.57. The molecule has 0 saturated carbocycles. The molecule has 0 fully saturated rings. The molecule has 2 aromatic heterocycles. The SMILES string of the molecule is Bc1ccnc(N2CCn3c(cc4c3CC(C)(C)C4)C2=O)c1COC(C)=O. The van der Waals surface area contributed by atoms with Gasteiger partial charge in [0.25, 0.3) is 5.91 Å². The molecule has 0 saturated heterocycles. The first kappa shape index (κ1) is 17.8. The van der Waals surface area contributed by atoms with Gasteiger partial charge in [-0.05, 0) is 36.0 Å². The van der Waals surface area contributed by atoms with E-state index in [-0.39, 0.29) is 23.9 Å². The summed E-state index contributed by atoms with van der Waals surface area (Å²) in [5.41, 5.74) is 5.35. The third-order valence-corrected chi connectivity index (χ3v) is 5.57. The van der Waals surface area contributed by atoms with Crippen molar-refractivity contribution in [3.05, 3.63) is 40.8 Å². The molecule has 0 unspecified atom stereocenters. The molecule has 1 aliphatic heterocycles. The molecule has 27 heavy (non-hydrogen) atoms. The molecule has 7 heteroatoms. The Labute approximate surface area is 159 Å². The summed E-state index contributed by atoms with van der Waals surface area (Å²) in [4.78, 5) is 30.7. The number of esters is 1. The molecule has 6 nitrogen and oxygen atoms in total. The molecule has 0 atom stereocenters. The highest BCUT2D eigenvalue weighted by Crippen LogP contribution is 2.39. The Kier molecular flexibility index (Phi) is 4.13. The number of carbonyl (C=O) groups excluding carboxylic acids is 2. The normalized spacial score (nSPS) is 17.6. The second kappa shape index (κ2) is 6.25. The summed E-state index contributed by atoms with van der Waals surface area (Å²) in [5, 5.41) is 0. The number of anilines is 1. The first-order valence-corrected chi connectivity index (χ1v) is 9.38. The van der Waals surface area contributed by atoms with E-state index >= 15 is 0 Å². The molecule has 1 amide bonds. The Morgan fingerprint density at radius 3 is 2.85 bits per heavy atom. The average molecular weight is 365 g/mol. The molecule has 2 aliphatic rings. The van der Waals surface area contributed by atoms with E-state index in [9.17, 15) is 9.59 Å². The zero-order valence-electron chi connectivity index (χ0n) is 16.3. The van der Waals surface area contributed by atoms with Gasteiger partial charge in [-0.3, -0.25) is 14.5 Å². The largest absolute Gasteiger partial charge is 0.461 e. The summed E-state index contributed by atoms with van der Waals surface area (Å²) in [6.07, 6.45) is 3.72. The van der Waals surface area contributed by atoms with E-state index in [4.69, 9.17) is 4.74 Å². The van der Waals surface area contributed by atoms with E-state index < -0.39 is 0 Å². The summed E-state index contributed by atoms with van der Waals surface area (Å²) in [6, 6.07) is 3.93. The van der Waals surface area contributed by atoms with Gasteiger partial charge in [-0.25, -0.2) is 4.98 Å². The lowest BCUT2D eigenvalue weighted by Crippen LogP contribution is -2.42. The van der Waals surface area contributed by atoms with Crippen LogP contribution >= 0.6 is 0 Å². The maximum Gasteiger partial charge on any atom is 0.302 e. The number of fused-ring (bicyclic) bond motifs is 3. The van der Waals surface area contributed by atoms with E-state index in [1.807, 2.05) is 13.9 Å². The lowest BCUT2D eigenvalue weighted by Gasteiger charge is -2.30. The van der Waals surface area contributed by atoms with Crippen LogP contribution in [0.2, 0.25) is 0 Å². The summed E-state index contributed by atoms with van der Waals surface area (Å²) in [5.74, 6) is 0.215. The zero-order chi connectivity index (χ0) is 19.3. The van der Waals surface area contributed by atoms with Crippen molar-refractivity contribution < 1.29 is 14.3 Å². The molecule has 1 aliphatic carbocycles. The van der Waals surface area contributed by atoms with Gasteiger partial charge in [0.05, 0.1) is 0 Å². The van der Waals surface area contributed by atoms with E-state index in [2.05, 4.69) is 29.5 Å². The highest BCUT2D eigenvalue weighted by molar-refractivity contribution is 6.33. The fourth-order valence-corrected chi connectivity index (χ4v) is 4.27. The van der Waals surface area contributed by atoms with Crippen LogP contribution in [0.3, 0.4) is 0 Å². The number of ether oxygens (including phenoxy) is 1. The number of nitrogens with zero attached hydrogens (tertiary/aromatic N) is 3. The van der Waals surface area contributed by atoms with Crippen molar-refractivity contribution in [1.82, 2.24) is 9.55 Å². The van der Waals surface area contributed by atoms with Crippen molar-refractivity contribution in [1.29, 1.82) is 0 Å². The predicted molar refractivity (Wildman–Crippen MR) is 105 cm³/mol. The van der Waals surface area contributed by atoms with Crippen molar-refractivity contribution >= 4 is 31.0 Å². The van der Waals surface area contributed by atoms with E-state index in [1.54, 1.807) is 11.1 Å². The molecule has 0 spiro atoms. The molecule has 0 radical (unpaired) electrons. The van der Waals surface area contributed by atoms with Gasteiger partial charge >= 0.3 is 5.97 Å². The monoisotopic (exact) mass is 365 g/mol. The average Bonchev–Trinajstić information content (AvgIpc) is 3.06. The Balaban J connectivity index is 1.68. The minimum atomic E-state index is -0.345. The van der Waals surface area contributed by atoms with Gasteiger partial charge in [0.1, 0.15) is 26.0 Å². The lowest BCUT2D eigenvalue weighted by molar-refractivity contribution is -0.142. The van der Waals surface area contributed by atoms with Crippen LogP contribution in [0.25, 0.3) is 0 Å². The van der Waals surface area contributed by atoms with Crippen LogP contribution in [-0.2, 0) is 35.5 Å². The molecule has 0 aromatic carbocycles. The predicted octanol–water partition coefficient (Wildman–Crippen LogP) is 0.990. The van der Waals surface area contributed by atoms with E-state index in [1.165, 1.54) is 18.2 Å². The zero-order valence-corrected chi connectivity index (χ0v) is 16.3. The van der Waals surface area contributed by atoms with Gasteiger partial charge in [-0.15, -0.1) is 0 Å². The van der Waals surface area contributed by atoms with Crippen LogP contribution < -0.4 is 10.4 Å². The number of rotatable bonds is 3. The number of carbonyl (C=O) groups is 2. The van der Waals surface area contributed by atoms with Crippen molar-refractivity contribution in [3.8, 4) is 0 Å². The maximum atomic E-state index is 13.2. The van der Waals surface area contributed by atoms with Crippen LogP contribution in [0, 0.1) is 5.41 Å². The van der Waals surface area contributed by atoms with Gasteiger partial charge in [0, 0.05) is 37.5 Å². The molecule has 2 aromatic rings. The quantitative estimate of drug-likeness (QED) is 0.601. The standard InChI is InChI=1S/C20H24BN3O3/c1-12(25)27-11-14-15(21)4-5-22-18(14)24-7-6-23-16(19(24)26)8-13-9-20(2,3)10-17(13)23/h4-5,8H,6-7,9-11,21H2,1-3H3. The molecule has 3 heterocycles. The van der Waals surface area contributed by atoms with Crippen molar-refractivity contribution in [2.45, 2.75) is 46.8 Å². The fourth-order valence-electron chi connectivity index (χ4n) is 4.27. The third-order valence-electron chi connectivity index (χ3n) is 5.57. The molecule has 0 N–H and O–H groups in total. The summed E-state index contributed by atoms with van der Waals surface area (Å²) in [6.45, 7) is 7.38. The number of aromatic nitrogens is 2. The van der Waals surface area contributed by atoms with Gasteiger partial charge in [0.15, 0.2) is 0 Å². The van der Waals surface area contributed by atoms with E-state index in [0.29, 0.717) is 12.4 Å². The van der Waals surface area contributed by atoms with Gasteiger partial charge in [-0.1, -0.05) is 19.3 Å². The summed E-state index contributed by atoms with van der Waals surface area (Å²) >= 11 is 0. The van der Waals surface area contributed by atoms with Gasteiger partial charge < -0.3 is 9.30 Å². The van der Waals surface area contributed by atoms with Crippen molar-refractivity contribution in [2.24, 2.45) is 5.41 Å². The Morgan fingerprint density at radius 1 is 1.33 bits per heavy atom. The minimum Gasteiger partial charge on any atom is -0.461 e. The highest BCUT2D eigenvalue weighted by atomic mass is 16.5. The molecule has 140 valence electrons. The number of pyridine rings is 1. The number of hydrogen-bond donors (Lipinski definition) is 0. The number of hydrogen-bond acceptors (Lipinski definition) is 4. The van der Waals surface area contributed by atoms with Crippen LogP contribution in [0.15, 0.2) is 18.3 Å². The second-order valence-electron chi connectivity index (χ2n) is 8.34. The molecule has 0 bridgehead atoms. The minimum absolute atomic E-state index is 0.0318. The third kappa shape index (κ3) is 3.05. The lowest BCUT2D eigenvalue weighted by atomic mass is 9.90. The van der Waals surface area contributed by atoms with Gasteiger partial charge in [0.2, 0.25) is 0 Å². The van der Waals surface area contributed by atoms with Gasteiger partial charge in [-0.2, -0.15) is 0 Å². The van der Waals surface area contributed by atoms with Crippen LogP contribution in [-0.4, -0.2) is 35.8 Å². The molecular weight excluding hydrogens is 341 g/mol. The highest BCUT2D eigenvalue weighted by Gasteiger charge is 2.37. The summed E-state index contributed by atoms with van der Waals surface area (Å²) in [7, 11) is 1.94. The molecular formula is C20H24BN3O3. The summed E-state index contributed by atoms with van der Waals surface area (Å²) < 4.78 is 7.38. The maximum absolute atomic E-state index is 13.2. The van der Waals surface area contributed by atoms with Crippen LogP contribution in [0.4, 0.5) is 5.82 Å². The van der Waals surface area contributed by atoms with E-state index in [0.717, 1.165) is 36.1 Å². The van der Waals surface area contributed by atoms with Crippen LogP contribution in [0.1, 0.15) is 48.1 Å². The second-order valence-corrected chi connectivity index (χ2v) is 8.34. The Morgan fingerprint density at radius 2 is 2.11 bits per heavy atom. The first-order chi connectivity index (χ1) is 12.8. The first-order valence-electron chi connectivity index (χ1n) is 9.38. The fraction of sp³-hybridized carbons (Fsp3) is 0.450. The van der Waals surface area contributed by atoms with Crippen molar-refractivity contribution in [2.75, 3.05) is 11.4 Å². The van der Waals surface area contributed by atoms with Crippen LogP contribution in [0.5, 0.6) is 0 Å². The Bertz CT molecular complexity index is 948. The molecule has 4 rings (SSSR count). The topological polar surface area (TPSA) is 64.4 Å². The smallest absolute Gasteiger partial charge is 0.302 e. The van der Waals surface area contributed by atoms with Crippen molar-refractivity contribution in [3.63, 3.8) is 0 Å².